The van der Waals surface area contributed by atoms with Crippen molar-refractivity contribution in [2.75, 3.05) is 26.6 Å². The van der Waals surface area contributed by atoms with Crippen molar-refractivity contribution in [2.45, 2.75) is 6.42 Å². The highest BCUT2D eigenvalue weighted by Crippen LogP contribution is 2.35. The van der Waals surface area contributed by atoms with Gasteiger partial charge in [0.1, 0.15) is 5.75 Å². The van der Waals surface area contributed by atoms with Gasteiger partial charge < -0.3 is 19.5 Å². The number of methoxy groups -OCH3 is 3. The van der Waals surface area contributed by atoms with E-state index in [4.69, 9.17) is 14.2 Å². The van der Waals surface area contributed by atoms with Crippen LogP contribution in [-0.2, 0) is 15.9 Å². The van der Waals surface area contributed by atoms with Crippen LogP contribution in [0.4, 0.5) is 11.4 Å². The van der Waals surface area contributed by atoms with E-state index in [-0.39, 0.29) is 11.1 Å². The molecular formula is C28H25NO5. The molecule has 0 aromatic heterocycles. The third-order valence-electron chi connectivity index (χ3n) is 5.67. The van der Waals surface area contributed by atoms with Crippen molar-refractivity contribution in [3.63, 3.8) is 0 Å². The Morgan fingerprint density at radius 3 is 2.18 bits per heavy atom. The van der Waals surface area contributed by atoms with E-state index < -0.39 is 11.9 Å². The summed E-state index contributed by atoms with van der Waals surface area (Å²) in [6, 6.07) is 24.9. The molecule has 0 amide bonds. The van der Waals surface area contributed by atoms with E-state index in [1.807, 2.05) is 72.8 Å². The number of nitrogens with one attached hydrogen (secondary N) is 1. The fourth-order valence-electron chi connectivity index (χ4n) is 3.96. The molecule has 0 unspecified atom stereocenters. The molecule has 4 aromatic rings. The van der Waals surface area contributed by atoms with Gasteiger partial charge in [0.2, 0.25) is 0 Å². The molecule has 0 spiro atoms. The Hall–Kier alpha value is -4.32. The Morgan fingerprint density at radius 1 is 0.794 bits per heavy atom. The number of fused-ring (bicyclic) bond motifs is 1. The van der Waals surface area contributed by atoms with Gasteiger partial charge in [-0.3, -0.25) is 0 Å². The van der Waals surface area contributed by atoms with Crippen LogP contribution < -0.4 is 10.1 Å². The lowest BCUT2D eigenvalue weighted by Gasteiger charge is -2.19. The molecule has 0 aliphatic heterocycles. The van der Waals surface area contributed by atoms with Gasteiger partial charge in [-0.05, 0) is 47.2 Å². The van der Waals surface area contributed by atoms with Crippen molar-refractivity contribution in [3.8, 4) is 5.75 Å². The first-order valence-corrected chi connectivity index (χ1v) is 10.8. The Labute approximate surface area is 198 Å². The lowest BCUT2D eigenvalue weighted by molar-refractivity contribution is 0.0556. The van der Waals surface area contributed by atoms with E-state index in [0.717, 1.165) is 33.3 Å². The minimum Gasteiger partial charge on any atom is -0.497 e. The fraction of sp³-hybridized carbons (Fsp3) is 0.143. The average Bonchev–Trinajstić information content (AvgIpc) is 2.89. The van der Waals surface area contributed by atoms with E-state index in [2.05, 4.69) is 5.32 Å². The van der Waals surface area contributed by atoms with Crippen LogP contribution in [0.15, 0.2) is 78.9 Å². The predicted octanol–water partition coefficient (Wildman–Crippen LogP) is 5.76. The van der Waals surface area contributed by atoms with Crippen LogP contribution in [0.1, 0.15) is 31.8 Å². The van der Waals surface area contributed by atoms with E-state index in [0.29, 0.717) is 12.1 Å². The number of para-hydroxylation sites is 1. The van der Waals surface area contributed by atoms with Crippen LogP contribution >= 0.6 is 0 Å². The van der Waals surface area contributed by atoms with Crippen molar-refractivity contribution in [1.29, 1.82) is 0 Å². The second kappa shape index (κ2) is 10.1. The molecule has 0 aliphatic carbocycles. The van der Waals surface area contributed by atoms with Gasteiger partial charge in [0.05, 0.1) is 38.1 Å². The Morgan fingerprint density at radius 2 is 1.47 bits per heavy atom. The first kappa shape index (κ1) is 22.9. The standard InChI is InChI=1S/C28H25NO5/c1-32-21-14-12-18(13-15-21)16-20-9-5-7-11-24(20)29-26-22-10-6-4-8-19(22)17-23(27(30)33-2)25(26)28(31)34-3/h4-15,17,29H,16H2,1-3H3. The molecular weight excluding hydrogens is 430 g/mol. The van der Waals surface area contributed by atoms with E-state index in [9.17, 15) is 9.59 Å². The molecule has 0 atom stereocenters. The van der Waals surface area contributed by atoms with Gasteiger partial charge in [-0.15, -0.1) is 0 Å². The summed E-state index contributed by atoms with van der Waals surface area (Å²) in [6.07, 6.45) is 0.662. The second-order valence-electron chi connectivity index (χ2n) is 7.69. The van der Waals surface area contributed by atoms with Crippen LogP contribution in [0.5, 0.6) is 5.75 Å². The lowest BCUT2D eigenvalue weighted by Crippen LogP contribution is -2.15. The van der Waals surface area contributed by atoms with Crippen molar-refractivity contribution in [2.24, 2.45) is 0 Å². The number of hydrogen-bond donors (Lipinski definition) is 1. The van der Waals surface area contributed by atoms with Gasteiger partial charge in [0, 0.05) is 11.1 Å². The number of carbonyl (C=O) groups excluding carboxylic acids is 2. The van der Waals surface area contributed by atoms with Crippen LogP contribution in [-0.4, -0.2) is 33.3 Å². The Balaban J connectivity index is 1.85. The summed E-state index contributed by atoms with van der Waals surface area (Å²) in [5.41, 5.74) is 3.71. The highest BCUT2D eigenvalue weighted by molar-refractivity contribution is 6.15. The van der Waals surface area contributed by atoms with Crippen molar-refractivity contribution in [1.82, 2.24) is 0 Å². The highest BCUT2D eigenvalue weighted by atomic mass is 16.5. The minimum atomic E-state index is -0.624. The van der Waals surface area contributed by atoms with E-state index in [1.165, 1.54) is 14.2 Å². The number of rotatable bonds is 7. The fourth-order valence-corrected chi connectivity index (χ4v) is 3.96. The number of anilines is 2. The first-order chi connectivity index (χ1) is 16.5. The van der Waals surface area contributed by atoms with Crippen molar-refractivity contribution < 1.29 is 23.8 Å². The molecule has 172 valence electrons. The summed E-state index contributed by atoms with van der Waals surface area (Å²) >= 11 is 0. The molecule has 4 rings (SSSR count). The molecule has 0 saturated carbocycles. The Kier molecular flexibility index (Phi) is 6.78. The average molecular weight is 456 g/mol. The molecule has 0 aliphatic rings. The molecule has 6 heteroatoms. The van der Waals surface area contributed by atoms with Gasteiger partial charge in [-0.2, -0.15) is 0 Å². The summed E-state index contributed by atoms with van der Waals surface area (Å²) in [5.74, 6) is -0.439. The monoisotopic (exact) mass is 455 g/mol. The smallest absolute Gasteiger partial charge is 0.340 e. The number of benzene rings is 4. The molecule has 0 saturated heterocycles. The normalized spacial score (nSPS) is 10.6. The van der Waals surface area contributed by atoms with Gasteiger partial charge in [-0.1, -0.05) is 54.6 Å². The molecule has 0 bridgehead atoms. The summed E-state index contributed by atoms with van der Waals surface area (Å²) in [4.78, 5) is 25.5. The summed E-state index contributed by atoms with van der Waals surface area (Å²) in [5, 5.41) is 5.01. The van der Waals surface area contributed by atoms with Crippen molar-refractivity contribution >= 4 is 34.1 Å². The summed E-state index contributed by atoms with van der Waals surface area (Å²) in [7, 11) is 4.22. The largest absolute Gasteiger partial charge is 0.497 e. The number of esters is 2. The molecule has 1 N–H and O–H groups in total. The van der Waals surface area contributed by atoms with E-state index in [1.54, 1.807) is 13.2 Å². The SMILES string of the molecule is COC(=O)c1cc2ccccc2c(Nc2ccccc2Cc2ccc(OC)cc2)c1C(=O)OC. The maximum atomic E-state index is 12.9. The topological polar surface area (TPSA) is 73.9 Å². The molecule has 0 radical (unpaired) electrons. The van der Waals surface area contributed by atoms with Gasteiger partial charge >= 0.3 is 11.9 Å². The lowest BCUT2D eigenvalue weighted by atomic mass is 9.96. The first-order valence-electron chi connectivity index (χ1n) is 10.8. The number of carbonyl (C=O) groups is 2. The van der Waals surface area contributed by atoms with Gasteiger partial charge in [-0.25, -0.2) is 9.59 Å². The molecule has 0 fully saturated rings. The zero-order valence-corrected chi connectivity index (χ0v) is 19.3. The van der Waals surface area contributed by atoms with Crippen LogP contribution in [0, 0.1) is 0 Å². The maximum absolute atomic E-state index is 12.9. The zero-order chi connectivity index (χ0) is 24.1. The third-order valence-corrected chi connectivity index (χ3v) is 5.67. The molecule has 6 nitrogen and oxygen atoms in total. The number of ether oxygens (including phenoxy) is 3. The quantitative estimate of drug-likeness (QED) is 0.358. The molecule has 0 heterocycles. The van der Waals surface area contributed by atoms with Gasteiger partial charge in [0.15, 0.2) is 0 Å². The Bertz CT molecular complexity index is 1350. The van der Waals surface area contributed by atoms with Crippen LogP contribution in [0.3, 0.4) is 0 Å². The minimum absolute atomic E-state index is 0.132. The zero-order valence-electron chi connectivity index (χ0n) is 19.3. The molecule has 4 aromatic carbocycles. The van der Waals surface area contributed by atoms with Crippen molar-refractivity contribution in [3.05, 3.63) is 101 Å². The number of hydrogen-bond acceptors (Lipinski definition) is 6. The predicted molar refractivity (Wildman–Crippen MR) is 132 cm³/mol. The van der Waals surface area contributed by atoms with E-state index >= 15 is 0 Å². The van der Waals surface area contributed by atoms with Crippen LogP contribution in [0.2, 0.25) is 0 Å². The highest BCUT2D eigenvalue weighted by Gasteiger charge is 2.25. The molecule has 34 heavy (non-hydrogen) atoms. The van der Waals surface area contributed by atoms with Crippen LogP contribution in [0.25, 0.3) is 10.8 Å². The third kappa shape index (κ3) is 4.57. The summed E-state index contributed by atoms with van der Waals surface area (Å²) in [6.45, 7) is 0. The summed E-state index contributed by atoms with van der Waals surface area (Å²) < 4.78 is 15.3. The maximum Gasteiger partial charge on any atom is 0.340 e. The second-order valence-corrected chi connectivity index (χ2v) is 7.69. The van der Waals surface area contributed by atoms with Gasteiger partial charge in [0.25, 0.3) is 0 Å².